The van der Waals surface area contributed by atoms with Gasteiger partial charge < -0.3 is 15.1 Å². The van der Waals surface area contributed by atoms with Crippen LogP contribution in [0.4, 0.5) is 4.39 Å². The lowest BCUT2D eigenvalue weighted by atomic mass is 10.0. The van der Waals surface area contributed by atoms with Crippen molar-refractivity contribution in [2.75, 3.05) is 32.7 Å². The molecule has 3 rings (SSSR count). The zero-order valence-corrected chi connectivity index (χ0v) is 14.2. The summed E-state index contributed by atoms with van der Waals surface area (Å²) < 4.78 is 13.9. The van der Waals surface area contributed by atoms with Gasteiger partial charge in [0.25, 0.3) is 5.91 Å². The van der Waals surface area contributed by atoms with E-state index in [1.165, 1.54) is 18.2 Å². The van der Waals surface area contributed by atoms with Gasteiger partial charge in [0.05, 0.1) is 16.6 Å². The Morgan fingerprint density at radius 2 is 1.83 bits per heavy atom. The van der Waals surface area contributed by atoms with Crippen LogP contribution < -0.4 is 5.32 Å². The fourth-order valence-corrected chi connectivity index (χ4v) is 3.52. The number of nitrogens with zero attached hydrogens (tertiary/aromatic N) is 2. The number of piperazine rings is 1. The van der Waals surface area contributed by atoms with Crippen molar-refractivity contribution in [3.63, 3.8) is 0 Å². The molecule has 1 N–H and O–H groups in total. The quantitative estimate of drug-likeness (QED) is 0.883. The van der Waals surface area contributed by atoms with Gasteiger partial charge in [-0.15, -0.1) is 0 Å². The van der Waals surface area contributed by atoms with E-state index in [1.54, 1.807) is 9.80 Å². The van der Waals surface area contributed by atoms with Gasteiger partial charge in [-0.3, -0.25) is 9.59 Å². The Morgan fingerprint density at radius 3 is 2.46 bits per heavy atom. The number of hydrogen-bond acceptors (Lipinski definition) is 3. The number of nitrogens with one attached hydrogen (secondary N) is 1. The fraction of sp³-hybridized carbons (Fsp3) is 0.529. The van der Waals surface area contributed by atoms with Crippen LogP contribution in [0.5, 0.6) is 0 Å². The topological polar surface area (TPSA) is 52.7 Å². The number of halogens is 2. The van der Waals surface area contributed by atoms with Gasteiger partial charge >= 0.3 is 0 Å². The third-order valence-corrected chi connectivity index (χ3v) is 4.98. The van der Waals surface area contributed by atoms with Crippen LogP contribution in [0.3, 0.4) is 0 Å². The Bertz CT molecular complexity index is 606. The van der Waals surface area contributed by atoms with Gasteiger partial charge in [0.15, 0.2) is 0 Å². The van der Waals surface area contributed by atoms with Gasteiger partial charge in [-0.05, 0) is 31.5 Å². The molecular weight excluding hydrogens is 333 g/mol. The summed E-state index contributed by atoms with van der Waals surface area (Å²) in [7, 11) is 0. The molecule has 1 atom stereocenters. The van der Waals surface area contributed by atoms with Gasteiger partial charge in [-0.1, -0.05) is 24.1 Å². The van der Waals surface area contributed by atoms with Crippen LogP contribution in [0, 0.1) is 5.82 Å². The first-order valence-electron chi connectivity index (χ1n) is 8.33. The molecule has 5 nitrogen and oxygen atoms in total. The summed E-state index contributed by atoms with van der Waals surface area (Å²) in [5, 5.41) is 3.37. The van der Waals surface area contributed by atoms with Crippen molar-refractivity contribution in [2.45, 2.75) is 25.3 Å². The highest BCUT2D eigenvalue weighted by atomic mass is 35.5. The molecule has 2 fully saturated rings. The minimum Gasteiger partial charge on any atom is -0.338 e. The van der Waals surface area contributed by atoms with Gasteiger partial charge in [-0.25, -0.2) is 4.39 Å². The van der Waals surface area contributed by atoms with E-state index in [-0.39, 0.29) is 22.5 Å². The number of hydrogen-bond donors (Lipinski definition) is 1. The Kier molecular flexibility index (Phi) is 5.36. The third kappa shape index (κ3) is 3.54. The van der Waals surface area contributed by atoms with Crippen LogP contribution in [-0.2, 0) is 4.79 Å². The largest absolute Gasteiger partial charge is 0.338 e. The van der Waals surface area contributed by atoms with Gasteiger partial charge in [0.2, 0.25) is 5.91 Å². The second-order valence-electron chi connectivity index (χ2n) is 6.22. The summed E-state index contributed by atoms with van der Waals surface area (Å²) in [6, 6.07) is 4.10. The number of amides is 2. The van der Waals surface area contributed by atoms with Crippen molar-refractivity contribution < 1.29 is 14.0 Å². The minimum atomic E-state index is -0.614. The number of benzene rings is 1. The second-order valence-corrected chi connectivity index (χ2v) is 6.62. The zero-order valence-electron chi connectivity index (χ0n) is 13.4. The highest BCUT2D eigenvalue weighted by Gasteiger charge is 2.31. The molecule has 0 radical (unpaired) electrons. The Morgan fingerprint density at radius 1 is 1.12 bits per heavy atom. The van der Waals surface area contributed by atoms with E-state index in [1.807, 2.05) is 0 Å². The van der Waals surface area contributed by atoms with Crippen molar-refractivity contribution in [1.82, 2.24) is 15.1 Å². The van der Waals surface area contributed by atoms with Crippen molar-refractivity contribution in [3.05, 3.63) is 34.6 Å². The SMILES string of the molecule is O=C(c1c(F)cccc1Cl)N1CCN(C(=O)C2CCCCN2)CC1. The molecule has 7 heteroatoms. The van der Waals surface area contributed by atoms with Crippen molar-refractivity contribution in [2.24, 2.45) is 0 Å². The molecule has 2 aliphatic rings. The van der Waals surface area contributed by atoms with Gasteiger partial charge in [-0.2, -0.15) is 0 Å². The number of rotatable bonds is 2. The van der Waals surface area contributed by atoms with Crippen molar-refractivity contribution >= 4 is 23.4 Å². The number of carbonyl (C=O) groups excluding carboxylic acids is 2. The first kappa shape index (κ1) is 17.2. The van der Waals surface area contributed by atoms with Crippen LogP contribution in [0.25, 0.3) is 0 Å². The van der Waals surface area contributed by atoms with Crippen LogP contribution in [0.2, 0.25) is 5.02 Å². The highest BCUT2D eigenvalue weighted by molar-refractivity contribution is 6.33. The van der Waals surface area contributed by atoms with Crippen LogP contribution in [0.1, 0.15) is 29.6 Å². The molecule has 1 unspecified atom stereocenters. The normalized spacial score (nSPS) is 21.7. The fourth-order valence-electron chi connectivity index (χ4n) is 3.27. The Balaban J connectivity index is 1.60. The highest BCUT2D eigenvalue weighted by Crippen LogP contribution is 2.22. The van der Waals surface area contributed by atoms with E-state index in [9.17, 15) is 14.0 Å². The van der Waals surface area contributed by atoms with E-state index < -0.39 is 11.7 Å². The van der Waals surface area contributed by atoms with E-state index in [0.29, 0.717) is 26.2 Å². The average molecular weight is 354 g/mol. The van der Waals surface area contributed by atoms with Gasteiger partial charge in [0.1, 0.15) is 5.82 Å². The molecule has 0 bridgehead atoms. The average Bonchev–Trinajstić information content (AvgIpc) is 2.62. The lowest BCUT2D eigenvalue weighted by molar-refractivity contribution is -0.135. The first-order chi connectivity index (χ1) is 11.6. The molecule has 24 heavy (non-hydrogen) atoms. The lowest BCUT2D eigenvalue weighted by Crippen LogP contribution is -2.56. The summed E-state index contributed by atoms with van der Waals surface area (Å²) >= 11 is 5.96. The molecule has 130 valence electrons. The summed E-state index contributed by atoms with van der Waals surface area (Å²) in [5.41, 5.74) is -0.0899. The number of carbonyl (C=O) groups is 2. The number of piperidine rings is 1. The molecule has 2 amide bonds. The van der Waals surface area contributed by atoms with E-state index in [4.69, 9.17) is 11.6 Å². The molecule has 1 aromatic carbocycles. The summed E-state index contributed by atoms with van der Waals surface area (Å²) in [6.07, 6.45) is 3.03. The summed E-state index contributed by atoms with van der Waals surface area (Å²) in [5.74, 6) is -0.927. The van der Waals surface area contributed by atoms with Crippen LogP contribution in [0.15, 0.2) is 18.2 Å². The maximum atomic E-state index is 13.9. The Labute approximate surface area is 145 Å². The predicted octanol–water partition coefficient (Wildman–Crippen LogP) is 1.91. The lowest BCUT2D eigenvalue weighted by Gasteiger charge is -2.37. The molecule has 2 heterocycles. The Hall–Kier alpha value is -1.66. The molecule has 0 aliphatic carbocycles. The molecule has 0 saturated carbocycles. The van der Waals surface area contributed by atoms with Crippen LogP contribution in [-0.4, -0.2) is 60.4 Å². The molecular formula is C17H21ClFN3O2. The third-order valence-electron chi connectivity index (χ3n) is 4.66. The molecule has 0 spiro atoms. The predicted molar refractivity (Wildman–Crippen MR) is 89.5 cm³/mol. The monoisotopic (exact) mass is 353 g/mol. The van der Waals surface area contributed by atoms with Crippen LogP contribution >= 0.6 is 11.6 Å². The molecule has 1 aromatic rings. The standard InChI is InChI=1S/C17H21ClFN3O2/c18-12-4-3-5-13(19)15(12)17(24)22-10-8-21(9-11-22)16(23)14-6-1-2-7-20-14/h3-5,14,20H,1-2,6-11H2. The smallest absolute Gasteiger partial charge is 0.258 e. The maximum Gasteiger partial charge on any atom is 0.258 e. The van der Waals surface area contributed by atoms with E-state index in [0.717, 1.165) is 25.8 Å². The second kappa shape index (κ2) is 7.49. The van der Waals surface area contributed by atoms with E-state index in [2.05, 4.69) is 5.32 Å². The molecule has 2 saturated heterocycles. The van der Waals surface area contributed by atoms with Crippen molar-refractivity contribution in [1.29, 1.82) is 0 Å². The first-order valence-corrected chi connectivity index (χ1v) is 8.71. The van der Waals surface area contributed by atoms with Crippen molar-refractivity contribution in [3.8, 4) is 0 Å². The maximum absolute atomic E-state index is 13.9. The summed E-state index contributed by atoms with van der Waals surface area (Å²) in [6.45, 7) is 2.59. The zero-order chi connectivity index (χ0) is 17.1. The minimum absolute atomic E-state index is 0.0899. The molecule has 0 aromatic heterocycles. The molecule has 2 aliphatic heterocycles. The summed E-state index contributed by atoms with van der Waals surface area (Å²) in [4.78, 5) is 28.3. The van der Waals surface area contributed by atoms with E-state index >= 15 is 0 Å². The van der Waals surface area contributed by atoms with Gasteiger partial charge in [0, 0.05) is 26.2 Å².